The molecule has 222 valence electrons. The van der Waals surface area contributed by atoms with Crippen LogP contribution in [0.5, 0.6) is 23.0 Å². The minimum absolute atomic E-state index is 0.0145. The minimum atomic E-state index is -3.96. The molecule has 8 rings (SSSR count). The summed E-state index contributed by atoms with van der Waals surface area (Å²) < 4.78 is 41.6. The first-order chi connectivity index (χ1) is 20.8. The van der Waals surface area contributed by atoms with Gasteiger partial charge in [0.25, 0.3) is 0 Å². The van der Waals surface area contributed by atoms with Crippen LogP contribution in [0, 0.1) is 0 Å². The van der Waals surface area contributed by atoms with Crippen LogP contribution >= 0.6 is 11.6 Å². The Kier molecular flexibility index (Phi) is 8.30. The van der Waals surface area contributed by atoms with E-state index in [1.165, 1.54) is 10.4 Å². The molecule has 10 heteroatoms. The first-order valence-corrected chi connectivity index (χ1v) is 16.0. The molecule has 0 radical (unpaired) electrons. The second-order valence-corrected chi connectivity index (χ2v) is 12.9. The number of carbonyl (C=O) groups excluding carboxylic acids is 1. The van der Waals surface area contributed by atoms with Gasteiger partial charge in [0.1, 0.15) is 16.4 Å². The highest BCUT2D eigenvalue weighted by Gasteiger charge is 2.38. The molecule has 0 aromatic heterocycles. The number of nitrogens with one attached hydrogen (secondary N) is 1. The lowest BCUT2D eigenvalue weighted by Gasteiger charge is -2.37. The summed E-state index contributed by atoms with van der Waals surface area (Å²) in [6, 6.07) is 23.9. The number of ether oxygens (including phenoxy) is 2. The molecule has 43 heavy (non-hydrogen) atoms. The van der Waals surface area contributed by atoms with Gasteiger partial charge in [-0.05, 0) is 90.0 Å². The van der Waals surface area contributed by atoms with Gasteiger partial charge < -0.3 is 19.9 Å². The number of hydrogen-bond acceptors (Lipinski definition) is 6. The standard InChI is InChI=1S/C33H31ClN2O6S/c34-28-4-1-2-5-31(28)43(39,40)36-18-16-24-21-26-12-13-27(24)33(36)23-8-10-25(11-9-23)41-19-3-17-35-32(38)15-7-22-6-14-29(37)30(20-22)42-26/h1-2,4-6,8-14,20-21,33,37H,3,7,15-19H2,(H,35,38). The summed E-state index contributed by atoms with van der Waals surface area (Å²) in [5, 5.41) is 13.6. The van der Waals surface area contributed by atoms with Crippen LogP contribution in [0.15, 0.2) is 89.8 Å². The van der Waals surface area contributed by atoms with Crippen molar-refractivity contribution in [3.63, 3.8) is 0 Å². The molecule has 1 atom stereocenters. The third kappa shape index (κ3) is 6.20. The maximum Gasteiger partial charge on any atom is 0.245 e. The topological polar surface area (TPSA) is 105 Å². The number of fused-ring (bicyclic) bond motifs is 1. The normalized spacial score (nSPS) is 17.8. The highest BCUT2D eigenvalue weighted by molar-refractivity contribution is 7.89. The van der Waals surface area contributed by atoms with Crippen LogP contribution in [0.4, 0.5) is 0 Å². The van der Waals surface area contributed by atoms with Crippen molar-refractivity contribution < 1.29 is 27.8 Å². The molecule has 0 saturated heterocycles. The van der Waals surface area contributed by atoms with Gasteiger partial charge in [0, 0.05) is 19.5 Å². The summed E-state index contributed by atoms with van der Waals surface area (Å²) >= 11 is 6.38. The van der Waals surface area contributed by atoms with Crippen molar-refractivity contribution in [2.45, 2.75) is 36.6 Å². The molecule has 0 saturated carbocycles. The number of nitrogens with zero attached hydrogens (tertiary/aromatic N) is 1. The Morgan fingerprint density at radius 3 is 2.51 bits per heavy atom. The number of rotatable bonds is 2. The molecule has 4 aromatic carbocycles. The van der Waals surface area contributed by atoms with Crippen molar-refractivity contribution in [3.05, 3.63) is 112 Å². The van der Waals surface area contributed by atoms with Crippen LogP contribution in [-0.4, -0.2) is 43.4 Å². The summed E-state index contributed by atoms with van der Waals surface area (Å²) in [5.41, 5.74) is 3.40. The van der Waals surface area contributed by atoms with Gasteiger partial charge in [0.2, 0.25) is 15.9 Å². The van der Waals surface area contributed by atoms with Crippen LogP contribution in [-0.2, 0) is 27.7 Å². The van der Waals surface area contributed by atoms with E-state index in [1.54, 1.807) is 42.5 Å². The predicted octanol–water partition coefficient (Wildman–Crippen LogP) is 6.01. The van der Waals surface area contributed by atoms with Crippen molar-refractivity contribution in [3.8, 4) is 23.0 Å². The molecule has 2 N–H and O–H groups in total. The average molecular weight is 619 g/mol. The third-order valence-electron chi connectivity index (χ3n) is 7.72. The number of aromatic hydroxyl groups is 1. The number of halogens is 1. The Morgan fingerprint density at radius 1 is 0.907 bits per heavy atom. The Labute approximate surface area is 255 Å². The van der Waals surface area contributed by atoms with Gasteiger partial charge in [-0.1, -0.05) is 48.0 Å². The van der Waals surface area contributed by atoms with Crippen LogP contribution in [0.1, 0.15) is 41.1 Å². The zero-order valence-electron chi connectivity index (χ0n) is 23.3. The van der Waals surface area contributed by atoms with Gasteiger partial charge >= 0.3 is 0 Å². The summed E-state index contributed by atoms with van der Waals surface area (Å²) in [7, 11) is -3.96. The van der Waals surface area contributed by atoms with Crippen molar-refractivity contribution in [1.29, 1.82) is 0 Å². The summed E-state index contributed by atoms with van der Waals surface area (Å²) in [4.78, 5) is 12.4. The van der Waals surface area contributed by atoms with Gasteiger partial charge in [-0.15, -0.1) is 0 Å². The molecule has 4 aliphatic rings. The van der Waals surface area contributed by atoms with Gasteiger partial charge in [-0.25, -0.2) is 8.42 Å². The van der Waals surface area contributed by atoms with E-state index < -0.39 is 16.1 Å². The van der Waals surface area contributed by atoms with Gasteiger partial charge in [-0.2, -0.15) is 4.31 Å². The van der Waals surface area contributed by atoms with Gasteiger partial charge in [-0.3, -0.25) is 4.79 Å². The SMILES string of the molecule is O=C1CCc2ccc(O)c(c2)Oc2ccc3c(c2)CCN(S(=O)(=O)c2ccccc2Cl)C3c2ccc(cc2)OCCCN1. The molecular formula is C33H31ClN2O6S. The van der Waals surface area contributed by atoms with Crippen LogP contribution in [0.3, 0.4) is 0 Å². The fourth-order valence-electron chi connectivity index (χ4n) is 5.53. The first kappa shape index (κ1) is 29.0. The largest absolute Gasteiger partial charge is 0.504 e. The van der Waals surface area contributed by atoms with E-state index in [0.717, 1.165) is 22.3 Å². The summed E-state index contributed by atoms with van der Waals surface area (Å²) in [5.74, 6) is 1.37. The van der Waals surface area contributed by atoms with E-state index >= 15 is 0 Å². The van der Waals surface area contributed by atoms with E-state index in [0.29, 0.717) is 50.3 Å². The van der Waals surface area contributed by atoms with E-state index in [4.69, 9.17) is 21.1 Å². The number of carbonyl (C=O) groups is 1. The maximum atomic E-state index is 14.0. The van der Waals surface area contributed by atoms with Crippen LogP contribution in [0.25, 0.3) is 0 Å². The molecule has 4 aromatic rings. The smallest absolute Gasteiger partial charge is 0.245 e. The molecule has 0 spiro atoms. The number of amides is 1. The quantitative estimate of drug-likeness (QED) is 0.285. The fourth-order valence-corrected chi connectivity index (χ4v) is 7.62. The lowest BCUT2D eigenvalue weighted by molar-refractivity contribution is -0.121. The first-order valence-electron chi connectivity index (χ1n) is 14.2. The number of phenolic OH excluding ortho intramolecular Hbond substituents is 1. The lowest BCUT2D eigenvalue weighted by atomic mass is 9.89. The highest BCUT2D eigenvalue weighted by atomic mass is 35.5. The van der Waals surface area contributed by atoms with Crippen LogP contribution < -0.4 is 14.8 Å². The van der Waals surface area contributed by atoms with E-state index in [9.17, 15) is 18.3 Å². The molecule has 0 fully saturated rings. The zero-order chi connectivity index (χ0) is 30.0. The Balaban J connectivity index is 1.42. The van der Waals surface area contributed by atoms with Crippen LogP contribution in [0.2, 0.25) is 5.02 Å². The maximum absolute atomic E-state index is 14.0. The molecule has 8 bridgehead atoms. The second-order valence-electron chi connectivity index (χ2n) is 10.6. The van der Waals surface area contributed by atoms with E-state index in [2.05, 4.69) is 5.32 Å². The van der Waals surface area contributed by atoms with Crippen molar-refractivity contribution >= 4 is 27.5 Å². The zero-order valence-corrected chi connectivity index (χ0v) is 24.9. The number of sulfonamides is 1. The molecular weight excluding hydrogens is 588 g/mol. The lowest BCUT2D eigenvalue weighted by Crippen LogP contribution is -2.40. The minimum Gasteiger partial charge on any atom is -0.504 e. The number of phenols is 1. The highest BCUT2D eigenvalue weighted by Crippen LogP contribution is 2.42. The van der Waals surface area contributed by atoms with E-state index in [-0.39, 0.29) is 33.9 Å². The molecule has 1 unspecified atom stereocenters. The number of hydrogen-bond donors (Lipinski definition) is 2. The number of aryl methyl sites for hydroxylation is 1. The fraction of sp³-hybridized carbons (Fsp3) is 0.242. The van der Waals surface area contributed by atoms with Crippen molar-refractivity contribution in [2.75, 3.05) is 19.7 Å². The Bertz CT molecular complexity index is 1760. The van der Waals surface area contributed by atoms with Gasteiger partial charge in [0.05, 0.1) is 17.7 Å². The van der Waals surface area contributed by atoms with E-state index in [1.807, 2.05) is 36.4 Å². The average Bonchev–Trinajstić information content (AvgIpc) is 3.00. The number of benzene rings is 4. The molecule has 4 aliphatic heterocycles. The Morgan fingerprint density at radius 2 is 1.70 bits per heavy atom. The monoisotopic (exact) mass is 618 g/mol. The molecule has 1 amide bonds. The molecule has 0 aliphatic carbocycles. The predicted molar refractivity (Wildman–Crippen MR) is 163 cm³/mol. The summed E-state index contributed by atoms with van der Waals surface area (Å²) in [6.45, 7) is 1.13. The molecule has 8 nitrogen and oxygen atoms in total. The third-order valence-corrected chi connectivity index (χ3v) is 10.1. The van der Waals surface area contributed by atoms with Gasteiger partial charge in [0.15, 0.2) is 11.5 Å². The second kappa shape index (κ2) is 12.3. The Hall–Kier alpha value is -4.05. The van der Waals surface area contributed by atoms with Crippen molar-refractivity contribution in [2.24, 2.45) is 0 Å². The van der Waals surface area contributed by atoms with Crippen molar-refractivity contribution in [1.82, 2.24) is 9.62 Å². The summed E-state index contributed by atoms with van der Waals surface area (Å²) in [6.07, 6.45) is 1.88. The molecule has 4 heterocycles.